The standard InChI is InChI=1S/C25H30N4O3S/c30-25(18-21-11-13-22(14-12-21)28-33(31)32)10-2-1-7-17-29(19-23-8-3-5-15-26-23)20-24-9-4-6-16-27-24/h3-6,8-9,11-16,28H,1-2,7,10,17-20H2,(H,31,32). The summed E-state index contributed by atoms with van der Waals surface area (Å²) in [5, 5.41) is 0. The van der Waals surface area contributed by atoms with Crippen LogP contribution in [0.2, 0.25) is 0 Å². The molecule has 0 spiro atoms. The van der Waals surface area contributed by atoms with Gasteiger partial charge in [0.1, 0.15) is 5.78 Å². The average Bonchev–Trinajstić information content (AvgIpc) is 2.81. The average molecular weight is 467 g/mol. The van der Waals surface area contributed by atoms with Gasteiger partial charge in [0.15, 0.2) is 0 Å². The maximum Gasteiger partial charge on any atom is 0.259 e. The summed E-state index contributed by atoms with van der Waals surface area (Å²) >= 11 is -2.09. The highest BCUT2D eigenvalue weighted by molar-refractivity contribution is 7.80. The van der Waals surface area contributed by atoms with Gasteiger partial charge in [0.05, 0.1) is 11.4 Å². The molecule has 1 atom stereocenters. The van der Waals surface area contributed by atoms with Crippen molar-refractivity contribution in [3.8, 4) is 0 Å². The highest BCUT2D eigenvalue weighted by Gasteiger charge is 2.10. The van der Waals surface area contributed by atoms with Gasteiger partial charge in [-0.1, -0.05) is 30.7 Å². The number of pyridine rings is 2. The fourth-order valence-corrected chi connectivity index (χ4v) is 3.94. The molecule has 0 aliphatic rings. The first kappa shape index (κ1) is 24.7. The molecule has 3 aromatic rings. The molecule has 7 nitrogen and oxygen atoms in total. The largest absolute Gasteiger partial charge is 0.299 e. The van der Waals surface area contributed by atoms with E-state index in [1.165, 1.54) is 0 Å². The minimum absolute atomic E-state index is 0.209. The molecule has 8 heteroatoms. The lowest BCUT2D eigenvalue weighted by Crippen LogP contribution is -2.25. The lowest BCUT2D eigenvalue weighted by Gasteiger charge is -2.21. The Bertz CT molecular complexity index is 960. The minimum atomic E-state index is -2.09. The smallest absolute Gasteiger partial charge is 0.259 e. The molecule has 0 bridgehead atoms. The van der Waals surface area contributed by atoms with E-state index < -0.39 is 11.3 Å². The summed E-state index contributed by atoms with van der Waals surface area (Å²) in [4.78, 5) is 23.6. The molecule has 0 saturated carbocycles. The third kappa shape index (κ3) is 9.61. The number of carbonyl (C=O) groups excluding carboxylic acids is 1. The Morgan fingerprint density at radius 2 is 1.52 bits per heavy atom. The van der Waals surface area contributed by atoms with Crippen molar-refractivity contribution < 1.29 is 13.6 Å². The number of carbonyl (C=O) groups is 1. The first-order valence-corrected chi connectivity index (χ1v) is 12.2. The molecule has 33 heavy (non-hydrogen) atoms. The van der Waals surface area contributed by atoms with Gasteiger partial charge >= 0.3 is 0 Å². The lowest BCUT2D eigenvalue weighted by molar-refractivity contribution is -0.118. The van der Waals surface area contributed by atoms with Crippen LogP contribution in [-0.4, -0.2) is 36.0 Å². The van der Waals surface area contributed by atoms with Crippen molar-refractivity contribution in [2.24, 2.45) is 0 Å². The van der Waals surface area contributed by atoms with Crippen molar-refractivity contribution in [2.45, 2.75) is 45.2 Å². The summed E-state index contributed by atoms with van der Waals surface area (Å²) in [6, 6.07) is 18.9. The molecule has 1 unspecified atom stereocenters. The van der Waals surface area contributed by atoms with E-state index in [0.717, 1.165) is 55.8 Å². The summed E-state index contributed by atoms with van der Waals surface area (Å²) in [5.74, 6) is 0.209. The van der Waals surface area contributed by atoms with Crippen LogP contribution >= 0.6 is 0 Å². The number of ketones is 1. The van der Waals surface area contributed by atoms with E-state index in [1.807, 2.05) is 48.8 Å². The number of unbranched alkanes of at least 4 members (excludes halogenated alkanes) is 2. The van der Waals surface area contributed by atoms with Crippen LogP contribution in [0.15, 0.2) is 73.1 Å². The number of nitrogens with zero attached hydrogens (tertiary/aromatic N) is 3. The third-order valence-corrected chi connectivity index (χ3v) is 5.62. The number of nitrogens with one attached hydrogen (secondary N) is 1. The van der Waals surface area contributed by atoms with Crippen LogP contribution in [0, 0.1) is 0 Å². The lowest BCUT2D eigenvalue weighted by atomic mass is 10.0. The predicted molar refractivity (Wildman–Crippen MR) is 131 cm³/mol. The monoisotopic (exact) mass is 466 g/mol. The van der Waals surface area contributed by atoms with E-state index in [1.54, 1.807) is 24.3 Å². The molecule has 0 saturated heterocycles. The van der Waals surface area contributed by atoms with E-state index in [-0.39, 0.29) is 5.78 Å². The van der Waals surface area contributed by atoms with Crippen molar-refractivity contribution in [1.29, 1.82) is 0 Å². The van der Waals surface area contributed by atoms with Crippen LogP contribution in [0.4, 0.5) is 5.69 Å². The van der Waals surface area contributed by atoms with Gasteiger partial charge in [-0.2, -0.15) is 0 Å². The fraction of sp³-hybridized carbons (Fsp3) is 0.320. The summed E-state index contributed by atoms with van der Waals surface area (Å²) in [6.45, 7) is 2.46. The van der Waals surface area contributed by atoms with Crippen molar-refractivity contribution in [1.82, 2.24) is 14.9 Å². The van der Waals surface area contributed by atoms with E-state index >= 15 is 0 Å². The molecule has 0 radical (unpaired) electrons. The zero-order chi connectivity index (χ0) is 23.3. The highest BCUT2D eigenvalue weighted by atomic mass is 32.2. The topological polar surface area (TPSA) is 95.4 Å². The van der Waals surface area contributed by atoms with Crippen LogP contribution in [0.1, 0.15) is 42.6 Å². The van der Waals surface area contributed by atoms with Crippen LogP contribution < -0.4 is 4.72 Å². The zero-order valence-corrected chi connectivity index (χ0v) is 19.4. The first-order chi connectivity index (χ1) is 16.1. The molecule has 0 aliphatic heterocycles. The SMILES string of the molecule is O=C(CCCCCN(Cc1ccccn1)Cc1ccccn1)Cc1ccc(NS(=O)O)cc1. The predicted octanol–water partition coefficient (Wildman–Crippen LogP) is 4.40. The summed E-state index contributed by atoms with van der Waals surface area (Å²) in [7, 11) is 0. The van der Waals surface area contributed by atoms with Gasteiger partial charge in [-0.3, -0.25) is 28.9 Å². The van der Waals surface area contributed by atoms with Crippen LogP contribution in [0.3, 0.4) is 0 Å². The second-order valence-corrected chi connectivity index (χ2v) is 8.63. The third-order valence-electron chi connectivity index (χ3n) is 5.21. The summed E-state index contributed by atoms with van der Waals surface area (Å²) in [5.41, 5.74) is 3.53. The quantitative estimate of drug-likeness (QED) is 0.270. The Labute approximate surface area is 197 Å². The van der Waals surface area contributed by atoms with Crippen LogP contribution in [-0.2, 0) is 35.6 Å². The Kier molecular flexibility index (Phi) is 10.2. The van der Waals surface area contributed by atoms with E-state index in [9.17, 15) is 9.00 Å². The molecule has 3 rings (SSSR count). The maximum absolute atomic E-state index is 12.3. The maximum atomic E-state index is 12.3. The first-order valence-electron chi connectivity index (χ1n) is 11.1. The molecular formula is C25H30N4O3S. The highest BCUT2D eigenvalue weighted by Crippen LogP contribution is 2.13. The molecule has 0 fully saturated rings. The molecular weight excluding hydrogens is 436 g/mol. The summed E-state index contributed by atoms with van der Waals surface area (Å²) < 4.78 is 22.0. The number of hydrogen-bond donors (Lipinski definition) is 2. The van der Waals surface area contributed by atoms with Gasteiger partial charge < -0.3 is 0 Å². The second-order valence-electron chi connectivity index (χ2n) is 7.93. The van der Waals surface area contributed by atoms with Crippen molar-refractivity contribution in [2.75, 3.05) is 11.3 Å². The number of anilines is 1. The number of aromatic nitrogens is 2. The Hall–Kier alpha value is -2.94. The van der Waals surface area contributed by atoms with Crippen LogP contribution in [0.5, 0.6) is 0 Å². The van der Waals surface area contributed by atoms with Gasteiger partial charge in [-0.15, -0.1) is 0 Å². The normalized spacial score (nSPS) is 11.9. The van der Waals surface area contributed by atoms with Gasteiger partial charge in [0, 0.05) is 44.0 Å². The van der Waals surface area contributed by atoms with Gasteiger partial charge in [-0.25, -0.2) is 4.21 Å². The van der Waals surface area contributed by atoms with Gasteiger partial charge in [0.2, 0.25) is 0 Å². The number of rotatable bonds is 14. The minimum Gasteiger partial charge on any atom is -0.299 e. The fourth-order valence-electron chi connectivity index (χ4n) is 3.60. The van der Waals surface area contributed by atoms with Crippen molar-refractivity contribution in [3.05, 3.63) is 90.0 Å². The Morgan fingerprint density at radius 1 is 0.879 bits per heavy atom. The van der Waals surface area contributed by atoms with E-state index in [2.05, 4.69) is 19.6 Å². The molecule has 2 N–H and O–H groups in total. The van der Waals surface area contributed by atoms with E-state index in [0.29, 0.717) is 18.5 Å². The van der Waals surface area contributed by atoms with E-state index in [4.69, 9.17) is 4.55 Å². The molecule has 0 aliphatic carbocycles. The van der Waals surface area contributed by atoms with Gasteiger partial charge in [-0.05, 0) is 61.3 Å². The number of hydrogen-bond acceptors (Lipinski definition) is 5. The molecule has 1 aromatic carbocycles. The number of Topliss-reactive ketones (excluding diaryl/α,β-unsaturated/α-hetero) is 1. The molecule has 0 amide bonds. The Balaban J connectivity index is 1.40. The van der Waals surface area contributed by atoms with Gasteiger partial charge in [0.25, 0.3) is 11.3 Å². The molecule has 2 aromatic heterocycles. The Morgan fingerprint density at radius 3 is 2.06 bits per heavy atom. The number of benzene rings is 1. The molecule has 2 heterocycles. The van der Waals surface area contributed by atoms with Crippen molar-refractivity contribution in [3.63, 3.8) is 0 Å². The van der Waals surface area contributed by atoms with Crippen molar-refractivity contribution >= 4 is 22.7 Å². The second kappa shape index (κ2) is 13.6. The van der Waals surface area contributed by atoms with Crippen LogP contribution in [0.25, 0.3) is 0 Å². The zero-order valence-electron chi connectivity index (χ0n) is 18.6. The summed E-state index contributed by atoms with van der Waals surface area (Å²) in [6.07, 6.45) is 7.43. The molecule has 174 valence electrons.